The van der Waals surface area contributed by atoms with Gasteiger partial charge in [0.15, 0.2) is 0 Å². The van der Waals surface area contributed by atoms with Crippen LogP contribution in [-0.4, -0.2) is 68.3 Å². The number of methoxy groups -OCH3 is 1. The van der Waals surface area contributed by atoms with Gasteiger partial charge in [-0.05, 0) is 45.2 Å². The average Bonchev–Trinajstić information content (AvgIpc) is 2.93. The zero-order valence-electron chi connectivity index (χ0n) is 25.2. The van der Waals surface area contributed by atoms with Gasteiger partial charge < -0.3 is 29.2 Å². The van der Waals surface area contributed by atoms with Crippen LogP contribution in [0.25, 0.3) is 0 Å². The third-order valence-electron chi connectivity index (χ3n) is 4.64. The van der Waals surface area contributed by atoms with Crippen LogP contribution in [0.4, 0.5) is 0 Å². The van der Waals surface area contributed by atoms with Crippen LogP contribution in [0.1, 0.15) is 60.3 Å². The lowest BCUT2D eigenvalue weighted by molar-refractivity contribution is -0.141. The molecule has 1 aromatic rings. The van der Waals surface area contributed by atoms with Crippen LogP contribution < -0.4 is 0 Å². The summed E-state index contributed by atoms with van der Waals surface area (Å²) in [5.74, 6) is -0.248. The molecule has 2 N–H and O–H groups in total. The number of ether oxygens (including phenoxy) is 4. The second-order valence-electron chi connectivity index (χ2n) is 8.68. The molecule has 40 heavy (non-hydrogen) atoms. The van der Waals surface area contributed by atoms with Gasteiger partial charge in [0.25, 0.3) is 0 Å². The van der Waals surface area contributed by atoms with Crippen molar-refractivity contribution in [3.8, 4) is 5.75 Å². The maximum Gasteiger partial charge on any atom is 0.333 e. The third-order valence-corrected chi connectivity index (χ3v) is 4.64. The maximum absolute atomic E-state index is 11.1. The Morgan fingerprint density at radius 2 is 1.27 bits per heavy atom. The van der Waals surface area contributed by atoms with Gasteiger partial charge in [0.1, 0.15) is 19.0 Å². The number of phenolic OH excluding ortho intramolecular Hbond substituents is 1. The Morgan fingerprint density at radius 3 is 1.62 bits per heavy atom. The molecule has 228 valence electrons. The molecule has 9 nitrogen and oxygen atoms in total. The molecular weight excluding hydrogens is 516 g/mol. The summed E-state index contributed by atoms with van der Waals surface area (Å²) in [5, 5.41) is 16.8. The lowest BCUT2D eigenvalue weighted by Crippen LogP contribution is -2.14. The largest absolute Gasteiger partial charge is 0.508 e. The molecule has 0 amide bonds. The molecule has 1 unspecified atom stereocenters. The summed E-state index contributed by atoms with van der Waals surface area (Å²) < 4.78 is 18.9. The normalized spacial score (nSPS) is 9.97. The van der Waals surface area contributed by atoms with E-state index in [-0.39, 0.29) is 25.2 Å². The number of phenols is 1. The van der Waals surface area contributed by atoms with E-state index in [0.717, 1.165) is 12.8 Å². The third kappa shape index (κ3) is 29.1. The van der Waals surface area contributed by atoms with Crippen molar-refractivity contribution in [1.29, 1.82) is 0 Å². The first-order valence-electron chi connectivity index (χ1n) is 13.2. The number of hydrogen-bond donors (Lipinski definition) is 2. The van der Waals surface area contributed by atoms with E-state index >= 15 is 0 Å². The number of aromatic hydroxyl groups is 1. The molecule has 1 atom stereocenters. The first-order valence-corrected chi connectivity index (χ1v) is 13.2. The van der Waals surface area contributed by atoms with Gasteiger partial charge in [-0.2, -0.15) is 0 Å². The topological polar surface area (TPSA) is 129 Å². The Kier molecular flexibility index (Phi) is 29.3. The number of hydrogen-bond acceptors (Lipinski definition) is 9. The van der Waals surface area contributed by atoms with E-state index in [2.05, 4.69) is 47.8 Å². The van der Waals surface area contributed by atoms with Crippen molar-refractivity contribution in [3.05, 3.63) is 66.8 Å². The number of para-hydroxylation sites is 1. The molecule has 1 rings (SSSR count). The van der Waals surface area contributed by atoms with Crippen molar-refractivity contribution in [2.75, 3.05) is 40.1 Å². The molecule has 0 saturated heterocycles. The summed E-state index contributed by atoms with van der Waals surface area (Å²) in [4.78, 5) is 32.2. The second kappa shape index (κ2) is 28.6. The molecule has 0 spiro atoms. The second-order valence-corrected chi connectivity index (χ2v) is 8.68. The predicted molar refractivity (Wildman–Crippen MR) is 158 cm³/mol. The van der Waals surface area contributed by atoms with Crippen molar-refractivity contribution in [2.24, 2.45) is 5.92 Å². The molecule has 0 radical (unpaired) electrons. The van der Waals surface area contributed by atoms with Crippen LogP contribution in [0, 0.1) is 5.92 Å². The summed E-state index contributed by atoms with van der Waals surface area (Å²) in [5.41, 5.74) is 1.25. The van der Waals surface area contributed by atoms with Gasteiger partial charge >= 0.3 is 17.9 Å². The zero-order chi connectivity index (χ0) is 31.3. The van der Waals surface area contributed by atoms with E-state index in [1.165, 1.54) is 12.8 Å². The van der Waals surface area contributed by atoms with E-state index in [4.69, 9.17) is 14.9 Å². The highest BCUT2D eigenvalue weighted by Gasteiger charge is 2.09. The highest BCUT2D eigenvalue weighted by atomic mass is 16.6. The van der Waals surface area contributed by atoms with Crippen LogP contribution in [0.2, 0.25) is 0 Å². The molecule has 0 saturated carbocycles. The van der Waals surface area contributed by atoms with Crippen LogP contribution in [0.5, 0.6) is 5.75 Å². The molecule has 0 aliphatic carbocycles. The van der Waals surface area contributed by atoms with Gasteiger partial charge in [0.2, 0.25) is 0 Å². The standard InChI is InChI=1S/C12H22O2.C7H12O3.C6H10O3.C6H6O/c1-5-7-8-11(6-2)9-14-12(13)10(3)4;1-6(2)7(8)10-5-4-9-3;1-5(2)6(8)9-4-3-7;7-6-4-2-1-3-5-6/h11H,3,5-9H2,1-2,4H3;1,4-5H2,2-3H3;7H,1,3-4H2,2H3;1-5,7H. The molecule has 0 heterocycles. The number of esters is 3. The van der Waals surface area contributed by atoms with E-state index in [0.29, 0.717) is 48.2 Å². The molecule has 0 fully saturated rings. The van der Waals surface area contributed by atoms with Crippen LogP contribution in [0.3, 0.4) is 0 Å². The average molecular weight is 567 g/mol. The van der Waals surface area contributed by atoms with E-state index in [1.54, 1.807) is 52.1 Å². The fraction of sp³-hybridized carbons (Fsp3) is 0.516. The van der Waals surface area contributed by atoms with Crippen LogP contribution in [-0.2, 0) is 33.3 Å². The number of benzene rings is 1. The van der Waals surface area contributed by atoms with Gasteiger partial charge in [-0.1, -0.05) is 71.0 Å². The summed E-state index contributed by atoms with van der Waals surface area (Å²) >= 11 is 0. The Bertz CT molecular complexity index is 848. The van der Waals surface area contributed by atoms with E-state index in [9.17, 15) is 14.4 Å². The quantitative estimate of drug-likeness (QED) is 0.129. The molecule has 0 aliphatic rings. The molecular formula is C31H50O9. The molecule has 0 aliphatic heterocycles. The first kappa shape index (κ1) is 41.1. The first-order chi connectivity index (χ1) is 18.9. The smallest absolute Gasteiger partial charge is 0.333 e. The summed E-state index contributed by atoms with van der Waals surface area (Å²) in [6.45, 7) is 20.6. The summed E-state index contributed by atoms with van der Waals surface area (Å²) in [6.07, 6.45) is 4.63. The van der Waals surface area contributed by atoms with Gasteiger partial charge in [-0.3, -0.25) is 0 Å². The Balaban J connectivity index is -0.000000470. The van der Waals surface area contributed by atoms with Crippen LogP contribution >= 0.6 is 0 Å². The zero-order valence-corrected chi connectivity index (χ0v) is 25.2. The molecule has 1 aromatic carbocycles. The molecule has 0 aromatic heterocycles. The highest BCUT2D eigenvalue weighted by Crippen LogP contribution is 2.13. The van der Waals surface area contributed by atoms with Crippen molar-refractivity contribution < 1.29 is 43.5 Å². The number of unbranched alkanes of at least 4 members (excludes halogenated alkanes) is 1. The SMILES string of the molecule is C=C(C)C(=O)OCC(CC)CCCC.C=C(C)C(=O)OCCO.C=C(C)C(=O)OCCOC.Oc1ccccc1. The van der Waals surface area contributed by atoms with Crippen molar-refractivity contribution in [3.63, 3.8) is 0 Å². The van der Waals surface area contributed by atoms with Gasteiger partial charge in [0.05, 0.1) is 19.8 Å². The van der Waals surface area contributed by atoms with Gasteiger partial charge in [-0.15, -0.1) is 0 Å². The lowest BCUT2D eigenvalue weighted by Gasteiger charge is -2.14. The number of carbonyl (C=O) groups excluding carboxylic acids is 3. The van der Waals surface area contributed by atoms with Crippen molar-refractivity contribution in [2.45, 2.75) is 60.3 Å². The monoisotopic (exact) mass is 566 g/mol. The summed E-state index contributed by atoms with van der Waals surface area (Å²) in [6, 6.07) is 8.71. The maximum atomic E-state index is 11.1. The Labute approximate surface area is 240 Å². The predicted octanol–water partition coefficient (Wildman–Crippen LogP) is 5.56. The summed E-state index contributed by atoms with van der Waals surface area (Å²) in [7, 11) is 1.55. The van der Waals surface area contributed by atoms with E-state index < -0.39 is 5.97 Å². The van der Waals surface area contributed by atoms with E-state index in [1.807, 2.05) is 6.07 Å². The molecule has 0 bridgehead atoms. The number of aliphatic hydroxyl groups is 1. The Hall–Kier alpha value is -3.43. The number of rotatable bonds is 14. The molecule has 9 heteroatoms. The van der Waals surface area contributed by atoms with Crippen molar-refractivity contribution >= 4 is 17.9 Å². The van der Waals surface area contributed by atoms with Crippen molar-refractivity contribution in [1.82, 2.24) is 0 Å². The number of aliphatic hydroxyl groups excluding tert-OH is 1. The number of carbonyl (C=O) groups is 3. The Morgan fingerprint density at radius 1 is 0.800 bits per heavy atom. The minimum Gasteiger partial charge on any atom is -0.508 e. The minimum absolute atomic E-state index is 0.0473. The van der Waals surface area contributed by atoms with Gasteiger partial charge in [-0.25, -0.2) is 14.4 Å². The minimum atomic E-state index is -0.455. The lowest BCUT2D eigenvalue weighted by atomic mass is 10.0. The van der Waals surface area contributed by atoms with Gasteiger partial charge in [0, 0.05) is 23.8 Å². The highest BCUT2D eigenvalue weighted by molar-refractivity contribution is 5.87. The fourth-order valence-corrected chi connectivity index (χ4v) is 2.25. The van der Waals surface area contributed by atoms with Crippen LogP contribution in [0.15, 0.2) is 66.8 Å². The fourth-order valence-electron chi connectivity index (χ4n) is 2.25.